The Morgan fingerprint density at radius 1 is 1.19 bits per heavy atom. The van der Waals surface area contributed by atoms with Gasteiger partial charge in [0.1, 0.15) is 13.2 Å². The van der Waals surface area contributed by atoms with Gasteiger partial charge in [-0.1, -0.05) is 6.07 Å². The Bertz CT molecular complexity index is 827. The van der Waals surface area contributed by atoms with Crippen LogP contribution in [0.5, 0.6) is 11.5 Å². The molecule has 0 saturated heterocycles. The van der Waals surface area contributed by atoms with E-state index >= 15 is 0 Å². The van der Waals surface area contributed by atoms with E-state index in [0.29, 0.717) is 31.0 Å². The van der Waals surface area contributed by atoms with E-state index in [2.05, 4.69) is 11.4 Å². The van der Waals surface area contributed by atoms with Gasteiger partial charge in [-0.3, -0.25) is 9.69 Å². The number of fused-ring (bicyclic) bond motifs is 1. The van der Waals surface area contributed by atoms with Crippen LogP contribution in [0, 0.1) is 11.3 Å². The molecule has 3 rings (SSSR count). The number of carbonyl (C=O) groups excluding carboxylic acids is 1. The van der Waals surface area contributed by atoms with Gasteiger partial charge in [0.05, 0.1) is 17.7 Å². The molecule has 1 aliphatic rings. The maximum Gasteiger partial charge on any atom is 0.241 e. The molecule has 0 aliphatic carbocycles. The highest BCUT2D eigenvalue weighted by atomic mass is 16.6. The van der Waals surface area contributed by atoms with Gasteiger partial charge in [0, 0.05) is 12.2 Å². The van der Waals surface area contributed by atoms with Gasteiger partial charge in [0.2, 0.25) is 5.91 Å². The van der Waals surface area contributed by atoms with Crippen LogP contribution in [0.2, 0.25) is 0 Å². The lowest BCUT2D eigenvalue weighted by Gasteiger charge is -2.25. The summed E-state index contributed by atoms with van der Waals surface area (Å²) in [5, 5.41) is 11.7. The number of nitrogens with one attached hydrogen (secondary N) is 1. The molecule has 1 aliphatic heterocycles. The standard InChI is InChI=1S/C20H21N3O3/c1-14(20(24)22-17-6-3-15(12-21)4-7-17)23(2)13-16-5-8-18-19(11-16)26-10-9-25-18/h3-8,11,14H,9-10,13H2,1-2H3,(H,22,24)/t14-/m1/s1. The number of hydrogen-bond donors (Lipinski definition) is 1. The number of hydrogen-bond acceptors (Lipinski definition) is 5. The summed E-state index contributed by atoms with van der Waals surface area (Å²) in [5.41, 5.74) is 2.29. The van der Waals surface area contributed by atoms with Crippen LogP contribution in [0.25, 0.3) is 0 Å². The second-order valence-corrected chi connectivity index (χ2v) is 6.25. The quantitative estimate of drug-likeness (QED) is 0.896. The molecule has 1 amide bonds. The predicted molar refractivity (Wildman–Crippen MR) is 98.1 cm³/mol. The first kappa shape index (κ1) is 17.8. The Labute approximate surface area is 152 Å². The van der Waals surface area contributed by atoms with Crippen molar-refractivity contribution in [2.45, 2.75) is 19.5 Å². The van der Waals surface area contributed by atoms with Gasteiger partial charge < -0.3 is 14.8 Å². The first-order valence-corrected chi connectivity index (χ1v) is 8.46. The van der Waals surface area contributed by atoms with Crippen LogP contribution >= 0.6 is 0 Å². The summed E-state index contributed by atoms with van der Waals surface area (Å²) in [4.78, 5) is 14.4. The molecule has 2 aromatic carbocycles. The van der Waals surface area contributed by atoms with Crippen molar-refractivity contribution in [3.05, 3.63) is 53.6 Å². The molecule has 6 heteroatoms. The molecule has 6 nitrogen and oxygen atoms in total. The fourth-order valence-electron chi connectivity index (χ4n) is 2.69. The number of rotatable bonds is 5. The van der Waals surface area contributed by atoms with E-state index in [1.165, 1.54) is 0 Å². The molecule has 134 valence electrons. The highest BCUT2D eigenvalue weighted by molar-refractivity contribution is 5.94. The molecule has 0 bridgehead atoms. The maximum absolute atomic E-state index is 12.5. The van der Waals surface area contributed by atoms with Gasteiger partial charge in [0.15, 0.2) is 11.5 Å². The van der Waals surface area contributed by atoms with Crippen LogP contribution in [0.15, 0.2) is 42.5 Å². The van der Waals surface area contributed by atoms with Crippen LogP contribution in [-0.4, -0.2) is 37.1 Å². The van der Waals surface area contributed by atoms with E-state index in [0.717, 1.165) is 17.1 Å². The Morgan fingerprint density at radius 3 is 2.58 bits per heavy atom. The molecule has 1 atom stereocenters. The summed E-state index contributed by atoms with van der Waals surface area (Å²) < 4.78 is 11.1. The molecule has 1 heterocycles. The second-order valence-electron chi connectivity index (χ2n) is 6.25. The van der Waals surface area contributed by atoms with Gasteiger partial charge in [-0.05, 0) is 55.9 Å². The van der Waals surface area contributed by atoms with Crippen LogP contribution in [-0.2, 0) is 11.3 Å². The van der Waals surface area contributed by atoms with Gasteiger partial charge in [-0.2, -0.15) is 5.26 Å². The largest absolute Gasteiger partial charge is 0.486 e. The molecule has 0 unspecified atom stereocenters. The Kier molecular flexibility index (Phi) is 5.40. The van der Waals surface area contributed by atoms with Crippen molar-refractivity contribution in [2.75, 3.05) is 25.6 Å². The van der Waals surface area contributed by atoms with Crippen molar-refractivity contribution < 1.29 is 14.3 Å². The number of anilines is 1. The van der Waals surface area contributed by atoms with Crippen molar-refractivity contribution >= 4 is 11.6 Å². The Hall–Kier alpha value is -3.04. The predicted octanol–water partition coefficient (Wildman–Crippen LogP) is 2.79. The van der Waals surface area contributed by atoms with E-state index in [4.69, 9.17) is 14.7 Å². The minimum absolute atomic E-state index is 0.102. The number of benzene rings is 2. The topological polar surface area (TPSA) is 74.6 Å². The summed E-state index contributed by atoms with van der Waals surface area (Å²) in [6, 6.07) is 14.4. The van der Waals surface area contributed by atoms with Crippen LogP contribution < -0.4 is 14.8 Å². The molecule has 0 fully saturated rings. The molecular weight excluding hydrogens is 330 g/mol. The Balaban J connectivity index is 1.60. The van der Waals surface area contributed by atoms with Crippen LogP contribution in [0.1, 0.15) is 18.1 Å². The van der Waals surface area contributed by atoms with Gasteiger partial charge >= 0.3 is 0 Å². The monoisotopic (exact) mass is 351 g/mol. The third-order valence-electron chi connectivity index (χ3n) is 4.36. The summed E-state index contributed by atoms with van der Waals surface area (Å²) in [5.74, 6) is 1.40. The van der Waals surface area contributed by atoms with Crippen molar-refractivity contribution in [1.29, 1.82) is 5.26 Å². The Morgan fingerprint density at radius 2 is 1.88 bits per heavy atom. The zero-order valence-electron chi connectivity index (χ0n) is 14.9. The number of ether oxygens (including phenoxy) is 2. The molecule has 0 saturated carbocycles. The highest BCUT2D eigenvalue weighted by Gasteiger charge is 2.19. The van der Waals surface area contributed by atoms with Crippen LogP contribution in [0.4, 0.5) is 5.69 Å². The zero-order valence-corrected chi connectivity index (χ0v) is 14.9. The number of carbonyl (C=O) groups is 1. The average Bonchev–Trinajstić information content (AvgIpc) is 2.67. The van der Waals surface area contributed by atoms with Gasteiger partial charge in [0.25, 0.3) is 0 Å². The van der Waals surface area contributed by atoms with E-state index in [9.17, 15) is 4.79 Å². The normalized spacial score (nSPS) is 13.8. The molecule has 1 N–H and O–H groups in total. The van der Waals surface area contributed by atoms with Gasteiger partial charge in [-0.25, -0.2) is 0 Å². The fourth-order valence-corrected chi connectivity index (χ4v) is 2.69. The number of amides is 1. The van der Waals surface area contributed by atoms with E-state index in [1.807, 2.05) is 37.1 Å². The zero-order chi connectivity index (χ0) is 18.5. The minimum Gasteiger partial charge on any atom is -0.486 e. The van der Waals surface area contributed by atoms with Crippen LogP contribution in [0.3, 0.4) is 0 Å². The highest BCUT2D eigenvalue weighted by Crippen LogP contribution is 2.31. The number of nitriles is 1. The molecular formula is C20H21N3O3. The van der Waals surface area contributed by atoms with Crippen molar-refractivity contribution in [3.63, 3.8) is 0 Å². The summed E-state index contributed by atoms with van der Waals surface area (Å²) in [6.45, 7) is 3.59. The molecule has 26 heavy (non-hydrogen) atoms. The number of nitrogens with zero attached hydrogens (tertiary/aromatic N) is 2. The molecule has 2 aromatic rings. The molecule has 0 spiro atoms. The number of likely N-dealkylation sites (N-methyl/N-ethyl adjacent to an activating group) is 1. The third-order valence-corrected chi connectivity index (χ3v) is 4.36. The SMILES string of the molecule is C[C@H](C(=O)Nc1ccc(C#N)cc1)N(C)Cc1ccc2c(c1)OCCO2. The maximum atomic E-state index is 12.5. The molecule has 0 radical (unpaired) electrons. The summed E-state index contributed by atoms with van der Waals surface area (Å²) >= 11 is 0. The van der Waals surface area contributed by atoms with Gasteiger partial charge in [-0.15, -0.1) is 0 Å². The minimum atomic E-state index is -0.321. The van der Waals surface area contributed by atoms with E-state index < -0.39 is 0 Å². The lowest BCUT2D eigenvalue weighted by atomic mass is 10.1. The summed E-state index contributed by atoms with van der Waals surface area (Å²) in [6.07, 6.45) is 0. The first-order chi connectivity index (χ1) is 12.6. The fraction of sp³-hybridized carbons (Fsp3) is 0.300. The first-order valence-electron chi connectivity index (χ1n) is 8.46. The second kappa shape index (κ2) is 7.89. The lowest BCUT2D eigenvalue weighted by Crippen LogP contribution is -2.39. The third kappa shape index (κ3) is 4.13. The average molecular weight is 351 g/mol. The molecule has 0 aromatic heterocycles. The van der Waals surface area contributed by atoms with E-state index in [-0.39, 0.29) is 11.9 Å². The van der Waals surface area contributed by atoms with Crippen molar-refractivity contribution in [2.24, 2.45) is 0 Å². The van der Waals surface area contributed by atoms with Crippen molar-refractivity contribution in [3.8, 4) is 17.6 Å². The van der Waals surface area contributed by atoms with E-state index in [1.54, 1.807) is 24.3 Å². The lowest BCUT2D eigenvalue weighted by molar-refractivity contribution is -0.120. The smallest absolute Gasteiger partial charge is 0.241 e. The van der Waals surface area contributed by atoms with Crippen molar-refractivity contribution in [1.82, 2.24) is 4.90 Å². The summed E-state index contributed by atoms with van der Waals surface area (Å²) in [7, 11) is 1.90.